The second-order valence-corrected chi connectivity index (χ2v) is 4.13. The maximum atomic E-state index is 5.63. The van der Waals surface area contributed by atoms with E-state index in [-0.39, 0.29) is 0 Å². The Morgan fingerprint density at radius 2 is 2.38 bits per heavy atom. The third-order valence-electron chi connectivity index (χ3n) is 3.08. The predicted molar refractivity (Wildman–Crippen MR) is 59.1 cm³/mol. The van der Waals surface area contributed by atoms with Gasteiger partial charge >= 0.3 is 0 Å². The van der Waals surface area contributed by atoms with E-state index >= 15 is 0 Å². The van der Waals surface area contributed by atoms with E-state index in [4.69, 9.17) is 5.73 Å². The van der Waals surface area contributed by atoms with Crippen molar-refractivity contribution < 1.29 is 0 Å². The lowest BCUT2D eigenvalue weighted by Crippen LogP contribution is -2.02. The van der Waals surface area contributed by atoms with E-state index in [9.17, 15) is 0 Å². The smallest absolute Gasteiger partial charge is 0.155 e. The Hall–Kier alpha value is -1.75. The maximum Gasteiger partial charge on any atom is 0.155 e. The molecular formula is C11H13N5. The van der Waals surface area contributed by atoms with Crippen LogP contribution in [-0.2, 0) is 0 Å². The first-order valence-electron chi connectivity index (χ1n) is 5.39. The zero-order valence-corrected chi connectivity index (χ0v) is 8.82. The Bertz CT molecular complexity index is 462. The molecule has 16 heavy (non-hydrogen) atoms. The van der Waals surface area contributed by atoms with Crippen molar-refractivity contribution in [1.82, 2.24) is 19.7 Å². The molecule has 2 heterocycles. The van der Waals surface area contributed by atoms with Crippen LogP contribution in [0.1, 0.15) is 17.9 Å². The number of hydrogen-bond acceptors (Lipinski definition) is 4. The lowest BCUT2D eigenvalue weighted by Gasteiger charge is -2.01. The molecule has 1 saturated carbocycles. The highest BCUT2D eigenvalue weighted by Crippen LogP contribution is 2.46. The van der Waals surface area contributed by atoms with Crippen molar-refractivity contribution in [3.63, 3.8) is 0 Å². The van der Waals surface area contributed by atoms with Crippen LogP contribution < -0.4 is 5.73 Å². The second-order valence-electron chi connectivity index (χ2n) is 4.13. The average Bonchev–Trinajstić information content (AvgIpc) is 2.93. The van der Waals surface area contributed by atoms with Crippen LogP contribution in [0.25, 0.3) is 5.82 Å². The van der Waals surface area contributed by atoms with Gasteiger partial charge in [0.15, 0.2) is 5.82 Å². The molecule has 1 aliphatic rings. The first-order chi connectivity index (χ1) is 7.88. The van der Waals surface area contributed by atoms with Gasteiger partial charge in [0.25, 0.3) is 0 Å². The molecule has 1 fully saturated rings. The minimum absolute atomic E-state index is 0.613. The fourth-order valence-corrected chi connectivity index (χ4v) is 2.00. The molecule has 5 nitrogen and oxygen atoms in total. The highest BCUT2D eigenvalue weighted by atomic mass is 15.3. The van der Waals surface area contributed by atoms with Gasteiger partial charge in [0.05, 0.1) is 0 Å². The SMILES string of the molecule is NCC1CC1c1ccc(-n2cncn2)nc1. The number of pyridine rings is 1. The minimum Gasteiger partial charge on any atom is -0.330 e. The second kappa shape index (κ2) is 3.68. The predicted octanol–water partition coefficient (Wildman–Crippen LogP) is 0.724. The summed E-state index contributed by atoms with van der Waals surface area (Å²) < 4.78 is 1.65. The molecule has 2 atom stereocenters. The van der Waals surface area contributed by atoms with Crippen LogP contribution in [0.4, 0.5) is 0 Å². The standard InChI is InChI=1S/C11H13N5/c12-4-9-3-10(9)8-1-2-11(14-5-8)16-7-13-6-15-16/h1-2,5-7,9-10H,3-4,12H2. The van der Waals surface area contributed by atoms with Crippen molar-refractivity contribution in [2.75, 3.05) is 6.54 Å². The van der Waals surface area contributed by atoms with E-state index < -0.39 is 0 Å². The number of aromatic nitrogens is 4. The number of hydrogen-bond donors (Lipinski definition) is 1. The quantitative estimate of drug-likeness (QED) is 0.819. The third kappa shape index (κ3) is 1.59. The third-order valence-corrected chi connectivity index (χ3v) is 3.08. The largest absolute Gasteiger partial charge is 0.330 e. The molecule has 0 aliphatic heterocycles. The molecule has 2 unspecified atom stereocenters. The van der Waals surface area contributed by atoms with Crippen molar-refractivity contribution in [3.05, 3.63) is 36.5 Å². The van der Waals surface area contributed by atoms with Gasteiger partial charge < -0.3 is 5.73 Å². The van der Waals surface area contributed by atoms with Gasteiger partial charge in [-0.1, -0.05) is 6.07 Å². The Morgan fingerprint density at radius 3 is 2.94 bits per heavy atom. The van der Waals surface area contributed by atoms with Crippen molar-refractivity contribution in [3.8, 4) is 5.82 Å². The fraction of sp³-hybridized carbons (Fsp3) is 0.364. The molecule has 0 amide bonds. The van der Waals surface area contributed by atoms with Crippen molar-refractivity contribution >= 4 is 0 Å². The Balaban J connectivity index is 1.81. The summed E-state index contributed by atoms with van der Waals surface area (Å²) in [5.41, 5.74) is 6.90. The van der Waals surface area contributed by atoms with E-state index in [0.717, 1.165) is 12.4 Å². The van der Waals surface area contributed by atoms with Gasteiger partial charge in [-0.05, 0) is 36.4 Å². The van der Waals surface area contributed by atoms with Crippen LogP contribution in [0.2, 0.25) is 0 Å². The van der Waals surface area contributed by atoms with Crippen LogP contribution in [0, 0.1) is 5.92 Å². The number of nitrogens with zero attached hydrogens (tertiary/aromatic N) is 4. The summed E-state index contributed by atoms with van der Waals surface area (Å²) in [7, 11) is 0. The Morgan fingerprint density at radius 1 is 1.44 bits per heavy atom. The van der Waals surface area contributed by atoms with Gasteiger partial charge in [-0.15, -0.1) is 0 Å². The van der Waals surface area contributed by atoms with Crippen molar-refractivity contribution in [2.24, 2.45) is 11.7 Å². The Labute approximate surface area is 93.3 Å². The molecule has 0 radical (unpaired) electrons. The topological polar surface area (TPSA) is 69.6 Å². The first-order valence-corrected chi connectivity index (χ1v) is 5.39. The van der Waals surface area contributed by atoms with E-state index in [2.05, 4.69) is 21.1 Å². The van der Waals surface area contributed by atoms with Crippen molar-refractivity contribution in [2.45, 2.75) is 12.3 Å². The van der Waals surface area contributed by atoms with Gasteiger partial charge in [-0.25, -0.2) is 14.6 Å². The summed E-state index contributed by atoms with van der Waals surface area (Å²) >= 11 is 0. The number of nitrogens with two attached hydrogens (primary N) is 1. The molecule has 3 rings (SSSR count). The molecule has 1 aliphatic carbocycles. The molecule has 2 aromatic heterocycles. The molecule has 2 aromatic rings. The van der Waals surface area contributed by atoms with Crippen LogP contribution in [0.15, 0.2) is 31.0 Å². The van der Waals surface area contributed by atoms with Gasteiger partial charge in [-0.2, -0.15) is 5.10 Å². The monoisotopic (exact) mass is 215 g/mol. The van der Waals surface area contributed by atoms with E-state index in [1.165, 1.54) is 18.3 Å². The molecular weight excluding hydrogens is 202 g/mol. The molecule has 5 heteroatoms. The van der Waals surface area contributed by atoms with Crippen LogP contribution in [0.3, 0.4) is 0 Å². The minimum atomic E-state index is 0.613. The lowest BCUT2D eigenvalue weighted by molar-refractivity contribution is 0.802. The van der Waals surface area contributed by atoms with E-state index in [0.29, 0.717) is 11.8 Å². The van der Waals surface area contributed by atoms with E-state index in [1.54, 1.807) is 11.0 Å². The summed E-state index contributed by atoms with van der Waals surface area (Å²) in [5, 5.41) is 4.03. The maximum absolute atomic E-state index is 5.63. The van der Waals surface area contributed by atoms with Gasteiger partial charge in [0.1, 0.15) is 12.7 Å². The normalized spacial score (nSPS) is 23.3. The van der Waals surface area contributed by atoms with Crippen LogP contribution in [-0.4, -0.2) is 26.3 Å². The molecule has 0 bridgehead atoms. The Kier molecular flexibility index (Phi) is 2.18. The summed E-state index contributed by atoms with van der Waals surface area (Å²) in [6.07, 6.45) is 6.25. The van der Waals surface area contributed by atoms with Crippen LogP contribution in [0.5, 0.6) is 0 Å². The molecule has 82 valence electrons. The average molecular weight is 215 g/mol. The number of rotatable bonds is 3. The summed E-state index contributed by atoms with van der Waals surface area (Å²) in [6.45, 7) is 0.773. The highest BCUT2D eigenvalue weighted by molar-refractivity contribution is 5.29. The van der Waals surface area contributed by atoms with Crippen LogP contribution >= 0.6 is 0 Å². The highest BCUT2D eigenvalue weighted by Gasteiger charge is 2.36. The summed E-state index contributed by atoms with van der Waals surface area (Å²) in [6, 6.07) is 4.07. The van der Waals surface area contributed by atoms with Gasteiger partial charge in [-0.3, -0.25) is 0 Å². The zero-order chi connectivity index (χ0) is 11.0. The summed E-state index contributed by atoms with van der Waals surface area (Å²) in [4.78, 5) is 8.26. The summed E-state index contributed by atoms with van der Waals surface area (Å²) in [5.74, 6) is 2.06. The molecule has 0 saturated heterocycles. The molecule has 2 N–H and O–H groups in total. The molecule has 0 aromatic carbocycles. The van der Waals surface area contributed by atoms with Gasteiger partial charge in [0, 0.05) is 6.20 Å². The lowest BCUT2D eigenvalue weighted by atomic mass is 10.1. The first kappa shape index (κ1) is 9.47. The zero-order valence-electron chi connectivity index (χ0n) is 8.82. The van der Waals surface area contributed by atoms with Gasteiger partial charge in [0.2, 0.25) is 0 Å². The fourth-order valence-electron chi connectivity index (χ4n) is 2.00. The van der Waals surface area contributed by atoms with Crippen molar-refractivity contribution in [1.29, 1.82) is 0 Å². The van der Waals surface area contributed by atoms with E-state index in [1.807, 2.05) is 12.3 Å². The molecule has 0 spiro atoms.